The number of carbonyl (C=O) groups excluding carboxylic acids is 1. The van der Waals surface area contributed by atoms with Crippen LogP contribution < -0.4 is 0 Å². The molecule has 3 atom stereocenters. The summed E-state index contributed by atoms with van der Waals surface area (Å²) in [6, 6.07) is 0. The molecule has 0 aliphatic heterocycles. The van der Waals surface area contributed by atoms with Crippen LogP contribution in [0.1, 0.15) is 6.92 Å². The molecule has 14 heavy (non-hydrogen) atoms. The van der Waals surface area contributed by atoms with Gasteiger partial charge in [0.1, 0.15) is 12.2 Å². The lowest BCUT2D eigenvalue weighted by Crippen LogP contribution is -2.35. The second kappa shape index (κ2) is 5.55. The molecule has 0 aromatic carbocycles. The highest BCUT2D eigenvalue weighted by Gasteiger charge is 2.25. The summed E-state index contributed by atoms with van der Waals surface area (Å²) in [4.78, 5) is 10.6. The molecule has 0 amide bonds. The van der Waals surface area contributed by atoms with Gasteiger partial charge in [-0.2, -0.15) is 4.67 Å². The van der Waals surface area contributed by atoms with Gasteiger partial charge in [0.2, 0.25) is 0 Å². The summed E-state index contributed by atoms with van der Waals surface area (Å²) in [7, 11) is -3.62. The summed E-state index contributed by atoms with van der Waals surface area (Å²) in [6.07, 6.45) is -3.11. The first-order chi connectivity index (χ1) is 6.30. The third-order valence-corrected chi connectivity index (χ3v) is 2.32. The summed E-state index contributed by atoms with van der Waals surface area (Å²) in [6.45, 7) is 1.48. The van der Waals surface area contributed by atoms with Crippen LogP contribution in [0.2, 0.25) is 0 Å². The van der Waals surface area contributed by atoms with Crippen LogP contribution in [-0.2, 0) is 18.6 Å². The standard InChI is InChI=1S/C6H13O7P/c1-4(7)6(9)5(8)3-12-14(2,11)13-10/h5-6,8-10H,3H2,1-2H3/t5-,6-,14?/m1/s1. The zero-order valence-corrected chi connectivity index (χ0v) is 8.68. The Morgan fingerprint density at radius 3 is 2.36 bits per heavy atom. The molecule has 0 radical (unpaired) electrons. The third kappa shape index (κ3) is 4.80. The highest BCUT2D eigenvalue weighted by Crippen LogP contribution is 2.42. The van der Waals surface area contributed by atoms with E-state index in [-0.39, 0.29) is 0 Å². The number of Topliss-reactive ketones (excluding diaryl/α,β-unsaturated/α-hetero) is 1. The number of carbonyl (C=O) groups is 1. The molecule has 84 valence electrons. The molecule has 0 fully saturated rings. The van der Waals surface area contributed by atoms with Gasteiger partial charge in [0.05, 0.1) is 6.61 Å². The van der Waals surface area contributed by atoms with Crippen molar-refractivity contribution in [3.05, 3.63) is 0 Å². The van der Waals surface area contributed by atoms with E-state index in [9.17, 15) is 9.36 Å². The zero-order chi connectivity index (χ0) is 11.4. The second-order valence-electron chi connectivity index (χ2n) is 2.77. The van der Waals surface area contributed by atoms with Crippen molar-refractivity contribution < 1.29 is 34.0 Å². The topological polar surface area (TPSA) is 113 Å². The summed E-state index contributed by atoms with van der Waals surface area (Å²) >= 11 is 0. The molecule has 1 unspecified atom stereocenters. The fourth-order valence-electron chi connectivity index (χ4n) is 0.597. The number of hydrogen-bond donors (Lipinski definition) is 3. The van der Waals surface area contributed by atoms with Crippen LogP contribution in [0.5, 0.6) is 0 Å². The van der Waals surface area contributed by atoms with Gasteiger partial charge in [0.15, 0.2) is 5.78 Å². The molecule has 0 saturated heterocycles. The average molecular weight is 228 g/mol. The third-order valence-electron chi connectivity index (χ3n) is 1.41. The Bertz CT molecular complexity index is 240. The SMILES string of the molecule is CC(=O)[C@@H](O)[C@H](O)COP(C)(=O)OO. The van der Waals surface area contributed by atoms with Gasteiger partial charge in [-0.25, -0.2) is 5.26 Å². The minimum Gasteiger partial charge on any atom is -0.388 e. The predicted octanol–water partition coefficient (Wildman–Crippen LogP) is -0.374. The van der Waals surface area contributed by atoms with Crippen molar-refractivity contribution in [2.75, 3.05) is 13.3 Å². The van der Waals surface area contributed by atoms with E-state index in [2.05, 4.69) is 9.20 Å². The lowest BCUT2D eigenvalue weighted by atomic mass is 10.1. The number of aliphatic hydroxyl groups is 2. The fourth-order valence-corrected chi connectivity index (χ4v) is 1.07. The molecular weight excluding hydrogens is 215 g/mol. The van der Waals surface area contributed by atoms with Gasteiger partial charge in [-0.05, 0) is 6.92 Å². The van der Waals surface area contributed by atoms with Crippen molar-refractivity contribution in [1.82, 2.24) is 0 Å². The molecular formula is C6H13O7P. The van der Waals surface area contributed by atoms with E-state index < -0.39 is 32.2 Å². The first kappa shape index (κ1) is 13.7. The minimum absolute atomic E-state index is 0.574. The van der Waals surface area contributed by atoms with E-state index in [0.29, 0.717) is 0 Å². The van der Waals surface area contributed by atoms with Crippen LogP contribution in [0.4, 0.5) is 0 Å². The maximum Gasteiger partial charge on any atom is 0.354 e. The second-order valence-corrected chi connectivity index (χ2v) is 4.74. The van der Waals surface area contributed by atoms with Crippen molar-refractivity contribution in [2.45, 2.75) is 19.1 Å². The molecule has 0 bridgehead atoms. The van der Waals surface area contributed by atoms with Gasteiger partial charge >= 0.3 is 7.60 Å². The highest BCUT2D eigenvalue weighted by atomic mass is 31.2. The Kier molecular flexibility index (Phi) is 5.43. The summed E-state index contributed by atoms with van der Waals surface area (Å²) in [5.41, 5.74) is 0. The maximum atomic E-state index is 10.9. The quantitative estimate of drug-likeness (QED) is 0.322. The van der Waals surface area contributed by atoms with Crippen LogP contribution in [0, 0.1) is 0 Å². The van der Waals surface area contributed by atoms with Crippen LogP contribution in [0.15, 0.2) is 0 Å². The lowest BCUT2D eigenvalue weighted by Gasteiger charge is -2.16. The Labute approximate surface area is 80.7 Å². The largest absolute Gasteiger partial charge is 0.388 e. The summed E-state index contributed by atoms with van der Waals surface area (Å²) < 4.78 is 18.8. The molecule has 0 aliphatic rings. The van der Waals surface area contributed by atoms with E-state index in [1.54, 1.807) is 0 Å². The Balaban J connectivity index is 4.03. The molecule has 0 saturated carbocycles. The highest BCUT2D eigenvalue weighted by molar-refractivity contribution is 7.52. The smallest absolute Gasteiger partial charge is 0.354 e. The Morgan fingerprint density at radius 2 is 2.00 bits per heavy atom. The van der Waals surface area contributed by atoms with Crippen molar-refractivity contribution in [3.63, 3.8) is 0 Å². The maximum absolute atomic E-state index is 10.9. The van der Waals surface area contributed by atoms with E-state index in [1.807, 2.05) is 0 Å². The first-order valence-corrected chi connectivity index (χ1v) is 5.71. The van der Waals surface area contributed by atoms with E-state index >= 15 is 0 Å². The number of ketones is 1. The minimum atomic E-state index is -3.62. The van der Waals surface area contributed by atoms with Gasteiger partial charge in [-0.15, -0.1) is 0 Å². The number of aliphatic hydroxyl groups excluding tert-OH is 2. The van der Waals surface area contributed by atoms with Crippen LogP contribution in [0.3, 0.4) is 0 Å². The molecule has 3 N–H and O–H groups in total. The molecule has 0 rings (SSSR count). The Hall–Kier alpha value is -0.300. The fraction of sp³-hybridized carbons (Fsp3) is 0.833. The molecule has 7 nitrogen and oxygen atoms in total. The van der Waals surface area contributed by atoms with Crippen molar-refractivity contribution in [3.8, 4) is 0 Å². The molecule has 0 aliphatic carbocycles. The Morgan fingerprint density at radius 1 is 1.50 bits per heavy atom. The monoisotopic (exact) mass is 228 g/mol. The van der Waals surface area contributed by atoms with Crippen LogP contribution in [-0.4, -0.2) is 46.7 Å². The lowest BCUT2D eigenvalue weighted by molar-refractivity contribution is -0.151. The average Bonchev–Trinajstić information content (AvgIpc) is 2.13. The normalized spacial score (nSPS) is 19.8. The van der Waals surface area contributed by atoms with Gasteiger partial charge in [-0.1, -0.05) is 0 Å². The molecule has 8 heteroatoms. The molecule has 0 spiro atoms. The first-order valence-electron chi connectivity index (χ1n) is 3.72. The number of hydrogen-bond acceptors (Lipinski definition) is 7. The van der Waals surface area contributed by atoms with Gasteiger partial charge in [0.25, 0.3) is 0 Å². The summed E-state index contributed by atoms with van der Waals surface area (Å²) in [5.74, 6) is -0.642. The molecule has 0 heterocycles. The summed E-state index contributed by atoms with van der Waals surface area (Å²) in [5, 5.41) is 26.1. The predicted molar refractivity (Wildman–Crippen MR) is 45.9 cm³/mol. The van der Waals surface area contributed by atoms with Gasteiger partial charge in [-0.3, -0.25) is 9.36 Å². The van der Waals surface area contributed by atoms with Crippen LogP contribution >= 0.6 is 7.60 Å². The van der Waals surface area contributed by atoms with Gasteiger partial charge < -0.3 is 14.7 Å². The number of rotatable bonds is 6. The van der Waals surface area contributed by atoms with Crippen LogP contribution in [0.25, 0.3) is 0 Å². The van der Waals surface area contributed by atoms with E-state index in [0.717, 1.165) is 13.6 Å². The molecule has 0 aromatic rings. The molecule has 0 aromatic heterocycles. The van der Waals surface area contributed by atoms with Crippen molar-refractivity contribution in [2.24, 2.45) is 0 Å². The van der Waals surface area contributed by atoms with E-state index in [1.165, 1.54) is 0 Å². The van der Waals surface area contributed by atoms with Crippen molar-refractivity contribution in [1.29, 1.82) is 0 Å². The van der Waals surface area contributed by atoms with E-state index in [4.69, 9.17) is 15.5 Å². The van der Waals surface area contributed by atoms with Gasteiger partial charge in [0, 0.05) is 6.66 Å². The zero-order valence-electron chi connectivity index (χ0n) is 7.78. The van der Waals surface area contributed by atoms with Crippen molar-refractivity contribution >= 4 is 13.4 Å².